The molecule has 2 aromatic carbocycles. The van der Waals surface area contributed by atoms with Crippen LogP contribution in [0.1, 0.15) is 11.3 Å². The van der Waals surface area contributed by atoms with Gasteiger partial charge in [0, 0.05) is 17.5 Å². The number of benzene rings is 2. The molecule has 5 nitrogen and oxygen atoms in total. The molecule has 0 amide bonds. The van der Waals surface area contributed by atoms with E-state index in [4.69, 9.17) is 9.47 Å². The highest BCUT2D eigenvalue weighted by Gasteiger charge is 2.10. The van der Waals surface area contributed by atoms with Gasteiger partial charge in [-0.25, -0.2) is 4.99 Å². The number of aromatic amines is 1. The number of ether oxygens (including phenoxy) is 2. The number of methoxy groups -OCH3 is 2. The molecule has 132 valence electrons. The molecule has 0 fully saturated rings. The number of H-pyrrole nitrogens is 1. The smallest absolute Gasteiger partial charge is 0.274 e. The lowest BCUT2D eigenvalue weighted by Gasteiger charge is -2.08. The molecule has 1 aromatic heterocycles. The van der Waals surface area contributed by atoms with Crippen molar-refractivity contribution in [3.8, 4) is 22.6 Å². The van der Waals surface area contributed by atoms with E-state index in [9.17, 15) is 4.79 Å². The zero-order valence-electron chi connectivity index (χ0n) is 14.9. The van der Waals surface area contributed by atoms with Crippen molar-refractivity contribution in [2.45, 2.75) is 6.92 Å². The minimum atomic E-state index is -0.222. The Morgan fingerprint density at radius 2 is 1.69 bits per heavy atom. The number of pyridine rings is 1. The van der Waals surface area contributed by atoms with Crippen LogP contribution in [-0.4, -0.2) is 25.4 Å². The van der Waals surface area contributed by atoms with E-state index in [0.29, 0.717) is 17.2 Å². The van der Waals surface area contributed by atoms with Crippen LogP contribution in [0.4, 0.5) is 5.69 Å². The van der Waals surface area contributed by atoms with Crippen molar-refractivity contribution in [3.05, 3.63) is 76.2 Å². The Morgan fingerprint density at radius 3 is 2.38 bits per heavy atom. The van der Waals surface area contributed by atoms with Crippen LogP contribution in [0, 0.1) is 6.92 Å². The van der Waals surface area contributed by atoms with Crippen LogP contribution in [0.5, 0.6) is 11.5 Å². The second-order valence-corrected chi connectivity index (χ2v) is 5.78. The summed E-state index contributed by atoms with van der Waals surface area (Å²) in [5.74, 6) is 1.25. The maximum atomic E-state index is 12.5. The number of aromatic nitrogens is 1. The fourth-order valence-electron chi connectivity index (χ4n) is 2.72. The first-order valence-corrected chi connectivity index (χ1v) is 8.18. The third-order valence-electron chi connectivity index (χ3n) is 3.98. The lowest BCUT2D eigenvalue weighted by atomic mass is 10.0. The van der Waals surface area contributed by atoms with E-state index >= 15 is 0 Å². The van der Waals surface area contributed by atoms with Gasteiger partial charge in [0.05, 0.1) is 14.2 Å². The van der Waals surface area contributed by atoms with Gasteiger partial charge in [0.2, 0.25) is 0 Å². The van der Waals surface area contributed by atoms with Crippen LogP contribution in [0.2, 0.25) is 0 Å². The summed E-state index contributed by atoms with van der Waals surface area (Å²) in [6.07, 6.45) is 1.65. The molecule has 3 aromatic rings. The van der Waals surface area contributed by atoms with Crippen molar-refractivity contribution < 1.29 is 9.47 Å². The van der Waals surface area contributed by atoms with Gasteiger partial charge in [-0.15, -0.1) is 0 Å². The number of nitrogens with one attached hydrogen (secondary N) is 1. The monoisotopic (exact) mass is 348 g/mol. The Balaban J connectivity index is 2.05. The van der Waals surface area contributed by atoms with Crippen molar-refractivity contribution in [1.82, 2.24) is 4.98 Å². The minimum Gasteiger partial charge on any atom is -0.493 e. The highest BCUT2D eigenvalue weighted by molar-refractivity contribution is 5.86. The van der Waals surface area contributed by atoms with Gasteiger partial charge in [0.1, 0.15) is 5.69 Å². The van der Waals surface area contributed by atoms with Crippen LogP contribution >= 0.6 is 0 Å². The van der Waals surface area contributed by atoms with Gasteiger partial charge in [-0.1, -0.05) is 30.3 Å². The van der Waals surface area contributed by atoms with E-state index < -0.39 is 0 Å². The average molecular weight is 348 g/mol. The van der Waals surface area contributed by atoms with Crippen molar-refractivity contribution in [3.63, 3.8) is 0 Å². The van der Waals surface area contributed by atoms with Gasteiger partial charge in [0.25, 0.3) is 5.56 Å². The summed E-state index contributed by atoms with van der Waals surface area (Å²) in [6.45, 7) is 1.86. The predicted molar refractivity (Wildman–Crippen MR) is 104 cm³/mol. The van der Waals surface area contributed by atoms with Gasteiger partial charge in [-0.2, -0.15) is 0 Å². The molecule has 0 radical (unpaired) electrons. The average Bonchev–Trinajstić information content (AvgIpc) is 2.67. The lowest BCUT2D eigenvalue weighted by molar-refractivity contribution is 0.355. The standard InChI is InChI=1S/C21H20N2O3/c1-14-11-17(16-7-5-4-6-8-16)20(21(24)23-14)22-13-15-9-10-18(25-2)19(12-15)26-3/h4-13H,1-3H3,(H,23,24). The molecule has 0 atom stereocenters. The quantitative estimate of drug-likeness (QED) is 0.706. The first kappa shape index (κ1) is 17.5. The maximum Gasteiger partial charge on any atom is 0.274 e. The Labute approximate surface area is 152 Å². The van der Waals surface area contributed by atoms with Crippen molar-refractivity contribution in [1.29, 1.82) is 0 Å². The van der Waals surface area contributed by atoms with Gasteiger partial charge in [-0.3, -0.25) is 4.79 Å². The third kappa shape index (κ3) is 3.67. The molecule has 1 N–H and O–H groups in total. The lowest BCUT2D eigenvalue weighted by Crippen LogP contribution is -2.08. The molecule has 0 aliphatic rings. The predicted octanol–water partition coefficient (Wildman–Crippen LogP) is 4.12. The summed E-state index contributed by atoms with van der Waals surface area (Å²) >= 11 is 0. The summed E-state index contributed by atoms with van der Waals surface area (Å²) in [5, 5.41) is 0. The summed E-state index contributed by atoms with van der Waals surface area (Å²) in [7, 11) is 3.17. The number of aryl methyl sites for hydroxylation is 1. The second-order valence-electron chi connectivity index (χ2n) is 5.78. The van der Waals surface area contributed by atoms with Gasteiger partial charge >= 0.3 is 0 Å². The SMILES string of the molecule is COc1ccc(C=Nc2c(-c3ccccc3)cc(C)[nH]c2=O)cc1OC. The maximum absolute atomic E-state index is 12.5. The largest absolute Gasteiger partial charge is 0.493 e. The Kier molecular flexibility index (Phi) is 5.17. The topological polar surface area (TPSA) is 63.7 Å². The fraction of sp³-hybridized carbons (Fsp3) is 0.143. The molecular formula is C21H20N2O3. The first-order chi connectivity index (χ1) is 12.6. The van der Waals surface area contributed by atoms with Crippen molar-refractivity contribution in [2.24, 2.45) is 4.99 Å². The van der Waals surface area contributed by atoms with Crippen LogP contribution in [0.25, 0.3) is 11.1 Å². The highest BCUT2D eigenvalue weighted by Crippen LogP contribution is 2.29. The minimum absolute atomic E-state index is 0.222. The summed E-state index contributed by atoms with van der Waals surface area (Å²) < 4.78 is 10.5. The second kappa shape index (κ2) is 7.70. The summed E-state index contributed by atoms with van der Waals surface area (Å²) in [5.41, 5.74) is 3.49. The number of hydrogen-bond donors (Lipinski definition) is 1. The number of aliphatic imine (C=N–C) groups is 1. The molecule has 1 heterocycles. The zero-order chi connectivity index (χ0) is 18.5. The molecule has 3 rings (SSSR count). The van der Waals surface area contributed by atoms with E-state index in [1.807, 2.05) is 55.5 Å². The molecule has 0 bridgehead atoms. The van der Waals surface area contributed by atoms with Crippen LogP contribution in [0.3, 0.4) is 0 Å². The van der Waals surface area contributed by atoms with Crippen LogP contribution in [-0.2, 0) is 0 Å². The summed E-state index contributed by atoms with van der Waals surface area (Å²) in [6, 6.07) is 17.1. The number of rotatable bonds is 5. The van der Waals surface area contributed by atoms with E-state index in [1.165, 1.54) is 0 Å². The Hall–Kier alpha value is -3.34. The van der Waals surface area contributed by atoms with E-state index in [-0.39, 0.29) is 5.56 Å². The number of hydrogen-bond acceptors (Lipinski definition) is 4. The van der Waals surface area contributed by atoms with Crippen LogP contribution < -0.4 is 15.0 Å². The van der Waals surface area contributed by atoms with Crippen molar-refractivity contribution in [2.75, 3.05) is 14.2 Å². The van der Waals surface area contributed by atoms with Gasteiger partial charge < -0.3 is 14.5 Å². The molecule has 5 heteroatoms. The zero-order valence-corrected chi connectivity index (χ0v) is 14.9. The fourth-order valence-corrected chi connectivity index (χ4v) is 2.72. The van der Waals surface area contributed by atoms with E-state index in [1.54, 1.807) is 26.5 Å². The van der Waals surface area contributed by atoms with Crippen molar-refractivity contribution >= 4 is 11.9 Å². The van der Waals surface area contributed by atoms with Crippen LogP contribution in [0.15, 0.2) is 64.4 Å². The Morgan fingerprint density at radius 1 is 0.962 bits per heavy atom. The van der Waals surface area contributed by atoms with Gasteiger partial charge in [0.15, 0.2) is 11.5 Å². The molecular weight excluding hydrogens is 328 g/mol. The van der Waals surface area contributed by atoms with Gasteiger partial charge in [-0.05, 0) is 42.3 Å². The molecule has 0 aliphatic carbocycles. The molecule has 0 saturated carbocycles. The number of nitrogens with zero attached hydrogens (tertiary/aromatic N) is 1. The molecule has 26 heavy (non-hydrogen) atoms. The normalized spacial score (nSPS) is 10.9. The molecule has 0 spiro atoms. The van der Waals surface area contributed by atoms with E-state index in [0.717, 1.165) is 22.4 Å². The molecule has 0 unspecified atom stereocenters. The third-order valence-corrected chi connectivity index (χ3v) is 3.98. The first-order valence-electron chi connectivity index (χ1n) is 8.18. The Bertz CT molecular complexity index is 992. The summed E-state index contributed by atoms with van der Waals surface area (Å²) in [4.78, 5) is 19.7. The molecule has 0 aliphatic heterocycles. The van der Waals surface area contributed by atoms with E-state index in [2.05, 4.69) is 9.98 Å². The highest BCUT2D eigenvalue weighted by atomic mass is 16.5. The molecule has 0 saturated heterocycles.